The zero-order valence-electron chi connectivity index (χ0n) is 8.10. The van der Waals surface area contributed by atoms with Crippen LogP contribution in [0.1, 0.15) is 23.0 Å². The number of hydrogen-bond acceptors (Lipinski definition) is 4. The van der Waals surface area contributed by atoms with Crippen molar-refractivity contribution in [3.63, 3.8) is 0 Å². The van der Waals surface area contributed by atoms with Crippen molar-refractivity contribution in [3.8, 4) is 0 Å². The maximum atomic E-state index is 9.90. The molecule has 2 heterocycles. The maximum Gasteiger partial charge on any atom is 0.160 e. The second-order valence-corrected chi connectivity index (χ2v) is 4.48. The van der Waals surface area contributed by atoms with Crippen LogP contribution in [0.25, 0.3) is 0 Å². The highest BCUT2D eigenvalue weighted by Gasteiger charge is 2.22. The molecule has 1 aliphatic rings. The van der Waals surface area contributed by atoms with Crippen LogP contribution < -0.4 is 0 Å². The third-order valence-corrected chi connectivity index (χ3v) is 3.23. The van der Waals surface area contributed by atoms with Crippen LogP contribution in [0.5, 0.6) is 0 Å². The predicted molar refractivity (Wildman–Crippen MR) is 54.3 cm³/mol. The molecule has 0 radical (unpaired) electrons. The quantitative estimate of drug-likeness (QED) is 0.834. The average molecular weight is 214 g/mol. The first-order valence-electron chi connectivity index (χ1n) is 4.72. The molecular formula is C10H14O3S. The van der Waals surface area contributed by atoms with Gasteiger partial charge in [0.05, 0.1) is 19.3 Å². The van der Waals surface area contributed by atoms with Crippen LogP contribution in [-0.2, 0) is 9.47 Å². The highest BCUT2D eigenvalue weighted by Crippen LogP contribution is 2.27. The molecule has 78 valence electrons. The van der Waals surface area contributed by atoms with E-state index < -0.39 is 6.10 Å². The van der Waals surface area contributed by atoms with Crippen LogP contribution in [0, 0.1) is 6.92 Å². The summed E-state index contributed by atoms with van der Waals surface area (Å²) in [4.78, 5) is 1.16. The van der Waals surface area contributed by atoms with E-state index in [9.17, 15) is 5.11 Å². The number of aliphatic hydroxyl groups excluding tert-OH is 1. The lowest BCUT2D eigenvalue weighted by Crippen LogP contribution is -2.13. The van der Waals surface area contributed by atoms with Gasteiger partial charge in [0.1, 0.15) is 0 Å². The summed E-state index contributed by atoms with van der Waals surface area (Å²) in [6, 6.07) is 1.96. The van der Waals surface area contributed by atoms with Gasteiger partial charge in [0.2, 0.25) is 0 Å². The van der Waals surface area contributed by atoms with Gasteiger partial charge in [0.25, 0.3) is 0 Å². The Morgan fingerprint density at radius 3 is 2.86 bits per heavy atom. The van der Waals surface area contributed by atoms with Crippen LogP contribution in [-0.4, -0.2) is 24.6 Å². The summed E-state index contributed by atoms with van der Waals surface area (Å²) >= 11 is 1.65. The Balaban J connectivity index is 1.95. The molecule has 0 amide bonds. The molecule has 1 aliphatic heterocycles. The van der Waals surface area contributed by atoms with Crippen molar-refractivity contribution in [3.05, 3.63) is 21.9 Å². The lowest BCUT2D eigenvalue weighted by molar-refractivity contribution is -0.0707. The first kappa shape index (κ1) is 10.1. The Hall–Kier alpha value is -0.420. The van der Waals surface area contributed by atoms with Crippen LogP contribution >= 0.6 is 11.3 Å². The first-order chi connectivity index (χ1) is 6.77. The minimum atomic E-state index is -0.468. The molecule has 4 heteroatoms. The Kier molecular flexibility index (Phi) is 3.18. The molecule has 0 bridgehead atoms. The molecule has 0 saturated carbocycles. The molecule has 2 rings (SSSR count). The molecule has 0 aromatic carbocycles. The molecule has 1 saturated heterocycles. The van der Waals surface area contributed by atoms with Crippen molar-refractivity contribution in [2.45, 2.75) is 25.7 Å². The van der Waals surface area contributed by atoms with Gasteiger partial charge in [-0.05, 0) is 23.9 Å². The normalized spacial score (nSPS) is 20.1. The molecule has 14 heavy (non-hydrogen) atoms. The standard InChI is InChI=1S/C10H14O3S/c1-7-8(2-5-14-7)9(11)6-10-12-3-4-13-10/h2,5,9-11H,3-4,6H2,1H3. The molecule has 1 aromatic heterocycles. The number of rotatable bonds is 3. The summed E-state index contributed by atoms with van der Waals surface area (Å²) in [6.07, 6.45) is -0.175. The van der Waals surface area contributed by atoms with Gasteiger partial charge in [-0.1, -0.05) is 0 Å². The van der Waals surface area contributed by atoms with Gasteiger partial charge in [-0.25, -0.2) is 0 Å². The lowest BCUT2D eigenvalue weighted by Gasteiger charge is -2.14. The van der Waals surface area contributed by atoms with E-state index in [1.807, 2.05) is 18.4 Å². The predicted octanol–water partition coefficient (Wildman–Crippen LogP) is 1.85. The van der Waals surface area contributed by atoms with Crippen LogP contribution in [0.15, 0.2) is 11.4 Å². The van der Waals surface area contributed by atoms with Gasteiger partial charge in [0, 0.05) is 11.3 Å². The van der Waals surface area contributed by atoms with Gasteiger partial charge >= 0.3 is 0 Å². The third-order valence-electron chi connectivity index (χ3n) is 2.36. The molecule has 1 N–H and O–H groups in total. The van der Waals surface area contributed by atoms with E-state index >= 15 is 0 Å². The number of aryl methyl sites for hydroxylation is 1. The van der Waals surface area contributed by atoms with E-state index in [1.165, 1.54) is 0 Å². The number of hydrogen-bond donors (Lipinski definition) is 1. The average Bonchev–Trinajstić information content (AvgIpc) is 2.75. The van der Waals surface area contributed by atoms with Crippen molar-refractivity contribution in [2.24, 2.45) is 0 Å². The second kappa shape index (κ2) is 4.40. The summed E-state index contributed by atoms with van der Waals surface area (Å²) in [5.41, 5.74) is 0.995. The van der Waals surface area contributed by atoms with Gasteiger partial charge < -0.3 is 14.6 Å². The molecule has 3 nitrogen and oxygen atoms in total. The minimum absolute atomic E-state index is 0.232. The van der Waals surface area contributed by atoms with E-state index in [4.69, 9.17) is 9.47 Å². The number of ether oxygens (including phenoxy) is 2. The van der Waals surface area contributed by atoms with E-state index in [0.29, 0.717) is 19.6 Å². The molecule has 1 aromatic rings. The van der Waals surface area contributed by atoms with Crippen molar-refractivity contribution < 1.29 is 14.6 Å². The topological polar surface area (TPSA) is 38.7 Å². The smallest absolute Gasteiger partial charge is 0.160 e. The van der Waals surface area contributed by atoms with Crippen LogP contribution in [0.4, 0.5) is 0 Å². The molecule has 0 spiro atoms. The van der Waals surface area contributed by atoms with E-state index in [0.717, 1.165) is 10.4 Å². The Bertz CT molecular complexity index is 291. The third kappa shape index (κ3) is 2.15. The fourth-order valence-electron chi connectivity index (χ4n) is 1.59. The largest absolute Gasteiger partial charge is 0.388 e. The molecule has 1 atom stereocenters. The number of thiophene rings is 1. The van der Waals surface area contributed by atoms with Crippen molar-refractivity contribution >= 4 is 11.3 Å². The van der Waals surface area contributed by atoms with Crippen molar-refractivity contribution in [2.75, 3.05) is 13.2 Å². The lowest BCUT2D eigenvalue weighted by atomic mass is 10.1. The monoisotopic (exact) mass is 214 g/mol. The minimum Gasteiger partial charge on any atom is -0.388 e. The van der Waals surface area contributed by atoms with Crippen molar-refractivity contribution in [1.29, 1.82) is 0 Å². The molecule has 0 aliphatic carbocycles. The van der Waals surface area contributed by atoms with Crippen LogP contribution in [0.3, 0.4) is 0 Å². The van der Waals surface area contributed by atoms with Crippen LogP contribution in [0.2, 0.25) is 0 Å². The second-order valence-electron chi connectivity index (χ2n) is 3.35. The fourth-order valence-corrected chi connectivity index (χ4v) is 2.35. The van der Waals surface area contributed by atoms with Gasteiger partial charge in [-0.2, -0.15) is 0 Å². The van der Waals surface area contributed by atoms with E-state index in [1.54, 1.807) is 11.3 Å². The highest BCUT2D eigenvalue weighted by atomic mass is 32.1. The molecule has 1 unspecified atom stereocenters. The fraction of sp³-hybridized carbons (Fsp3) is 0.600. The van der Waals surface area contributed by atoms with E-state index in [-0.39, 0.29) is 6.29 Å². The Morgan fingerprint density at radius 2 is 2.29 bits per heavy atom. The van der Waals surface area contributed by atoms with Gasteiger partial charge in [0.15, 0.2) is 6.29 Å². The van der Waals surface area contributed by atoms with Crippen molar-refractivity contribution in [1.82, 2.24) is 0 Å². The summed E-state index contributed by atoms with van der Waals surface area (Å²) in [6.45, 7) is 3.29. The molecular weight excluding hydrogens is 200 g/mol. The summed E-state index contributed by atoms with van der Waals surface area (Å²) < 4.78 is 10.6. The van der Waals surface area contributed by atoms with Gasteiger partial charge in [-0.3, -0.25) is 0 Å². The first-order valence-corrected chi connectivity index (χ1v) is 5.60. The summed E-state index contributed by atoms with van der Waals surface area (Å²) in [5, 5.41) is 11.9. The summed E-state index contributed by atoms with van der Waals surface area (Å²) in [5.74, 6) is 0. The SMILES string of the molecule is Cc1sccc1C(O)CC1OCCO1. The summed E-state index contributed by atoms with van der Waals surface area (Å²) in [7, 11) is 0. The number of aliphatic hydroxyl groups is 1. The zero-order valence-corrected chi connectivity index (χ0v) is 8.92. The maximum absolute atomic E-state index is 9.90. The van der Waals surface area contributed by atoms with E-state index in [2.05, 4.69) is 0 Å². The zero-order chi connectivity index (χ0) is 9.97. The Morgan fingerprint density at radius 1 is 1.57 bits per heavy atom. The Labute approximate surface area is 87.3 Å². The molecule has 1 fully saturated rings. The highest BCUT2D eigenvalue weighted by molar-refractivity contribution is 7.10. The van der Waals surface area contributed by atoms with Gasteiger partial charge in [-0.15, -0.1) is 11.3 Å².